The number of ether oxygens (including phenoxy) is 1. The summed E-state index contributed by atoms with van der Waals surface area (Å²) in [6, 6.07) is 8.61. The monoisotopic (exact) mass is 495 g/mol. The van der Waals surface area contributed by atoms with Crippen LogP contribution in [0.3, 0.4) is 0 Å². The Hall–Kier alpha value is -2.71. The zero-order chi connectivity index (χ0) is 23.4. The highest BCUT2D eigenvalue weighted by Gasteiger charge is 2.27. The van der Waals surface area contributed by atoms with Crippen molar-refractivity contribution < 1.29 is 22.7 Å². The van der Waals surface area contributed by atoms with Crippen LogP contribution in [0.4, 0.5) is 8.78 Å². The summed E-state index contributed by atoms with van der Waals surface area (Å²) in [5, 5.41) is 11.2. The summed E-state index contributed by atoms with van der Waals surface area (Å²) in [6.45, 7) is -0.209. The lowest BCUT2D eigenvalue weighted by atomic mass is 9.86. The highest BCUT2D eigenvalue weighted by atomic mass is 35.5. The maximum Gasteiger partial charge on any atom is 0.258 e. The van der Waals surface area contributed by atoms with Crippen molar-refractivity contribution in [2.45, 2.75) is 44.1 Å². The Labute approximate surface area is 199 Å². The van der Waals surface area contributed by atoms with Gasteiger partial charge >= 0.3 is 0 Å². The predicted molar refractivity (Wildman–Crippen MR) is 119 cm³/mol. The zero-order valence-corrected chi connectivity index (χ0v) is 19.0. The number of nitrogens with one attached hydrogen (secondary N) is 1. The highest BCUT2D eigenvalue weighted by Crippen LogP contribution is 2.32. The number of amides is 1. The molecule has 0 aliphatic heterocycles. The van der Waals surface area contributed by atoms with Crippen LogP contribution in [0.5, 0.6) is 5.75 Å². The lowest BCUT2D eigenvalue weighted by Gasteiger charge is -2.27. The molecule has 1 amide bonds. The maximum atomic E-state index is 13.6. The van der Waals surface area contributed by atoms with E-state index in [1.54, 1.807) is 6.07 Å². The molecule has 1 aliphatic carbocycles. The van der Waals surface area contributed by atoms with Crippen LogP contribution in [-0.4, -0.2) is 28.8 Å². The summed E-state index contributed by atoms with van der Waals surface area (Å²) in [4.78, 5) is 12.2. The van der Waals surface area contributed by atoms with E-state index in [-0.39, 0.29) is 40.3 Å². The molecule has 0 atom stereocenters. The summed E-state index contributed by atoms with van der Waals surface area (Å²) < 4.78 is 38.2. The molecule has 2 aromatic carbocycles. The fourth-order valence-electron chi connectivity index (χ4n) is 3.80. The van der Waals surface area contributed by atoms with Gasteiger partial charge < -0.3 is 14.5 Å². The van der Waals surface area contributed by atoms with E-state index < -0.39 is 11.6 Å². The molecule has 3 aromatic rings. The summed E-state index contributed by atoms with van der Waals surface area (Å²) >= 11 is 11.3. The minimum absolute atomic E-state index is 0.00388. The Morgan fingerprint density at radius 3 is 2.42 bits per heavy atom. The van der Waals surface area contributed by atoms with Crippen molar-refractivity contribution in [1.29, 1.82) is 0 Å². The molecule has 1 saturated carbocycles. The number of rotatable bonds is 7. The van der Waals surface area contributed by atoms with E-state index in [0.29, 0.717) is 23.8 Å². The van der Waals surface area contributed by atoms with Gasteiger partial charge in [-0.1, -0.05) is 29.3 Å². The molecule has 1 heterocycles. The Kier molecular flexibility index (Phi) is 7.45. The van der Waals surface area contributed by atoms with Crippen molar-refractivity contribution in [3.8, 4) is 5.75 Å². The van der Waals surface area contributed by atoms with Gasteiger partial charge in [0, 0.05) is 18.0 Å². The molecular weight excluding hydrogens is 475 g/mol. The van der Waals surface area contributed by atoms with Crippen molar-refractivity contribution in [3.63, 3.8) is 0 Å². The van der Waals surface area contributed by atoms with Gasteiger partial charge in [0.25, 0.3) is 5.91 Å². The van der Waals surface area contributed by atoms with Gasteiger partial charge in [-0.25, -0.2) is 8.78 Å². The molecule has 0 bridgehead atoms. The summed E-state index contributed by atoms with van der Waals surface area (Å²) in [5.74, 6) is -0.0457. The van der Waals surface area contributed by atoms with E-state index in [1.807, 2.05) is 0 Å². The molecule has 1 aliphatic rings. The van der Waals surface area contributed by atoms with Crippen LogP contribution in [0.25, 0.3) is 0 Å². The smallest absolute Gasteiger partial charge is 0.258 e. The van der Waals surface area contributed by atoms with E-state index in [0.717, 1.165) is 31.7 Å². The third kappa shape index (κ3) is 6.21. The van der Waals surface area contributed by atoms with Gasteiger partial charge in [-0.05, 0) is 55.5 Å². The van der Waals surface area contributed by atoms with Crippen LogP contribution in [0.15, 0.2) is 40.8 Å². The minimum Gasteiger partial charge on any atom is -0.484 e. The van der Waals surface area contributed by atoms with Crippen LogP contribution in [-0.2, 0) is 11.2 Å². The van der Waals surface area contributed by atoms with Crippen LogP contribution in [0.2, 0.25) is 10.0 Å². The molecule has 1 fully saturated rings. The SMILES string of the molecule is O=C(COc1ccc(Cl)c(F)c1)N[C@H]1CC[C@H](c2nnc(Cc3ccc(Cl)c(F)c3)o2)CC1. The first-order chi connectivity index (χ1) is 15.9. The number of hydrogen-bond acceptors (Lipinski definition) is 5. The number of benzene rings is 2. The van der Waals surface area contributed by atoms with Crippen molar-refractivity contribution in [2.75, 3.05) is 6.61 Å². The van der Waals surface area contributed by atoms with Gasteiger partial charge in [-0.2, -0.15) is 0 Å². The predicted octanol–water partition coefficient (Wildman–Crippen LogP) is 5.47. The first-order valence-electron chi connectivity index (χ1n) is 10.5. The second kappa shape index (κ2) is 10.5. The number of nitrogens with zero attached hydrogens (tertiary/aromatic N) is 2. The molecular formula is C23H21Cl2F2N3O3. The molecule has 0 unspecified atom stereocenters. The molecule has 0 radical (unpaired) electrons. The van der Waals surface area contributed by atoms with Crippen molar-refractivity contribution >= 4 is 29.1 Å². The van der Waals surface area contributed by atoms with E-state index >= 15 is 0 Å². The summed E-state index contributed by atoms with van der Waals surface area (Å²) in [6.07, 6.45) is 3.40. The average Bonchev–Trinajstić information content (AvgIpc) is 3.26. The second-order valence-corrected chi connectivity index (χ2v) is 8.75. The Morgan fingerprint density at radius 2 is 1.73 bits per heavy atom. The number of hydrogen-bond donors (Lipinski definition) is 1. The number of aromatic nitrogens is 2. The highest BCUT2D eigenvalue weighted by molar-refractivity contribution is 6.31. The third-order valence-electron chi connectivity index (χ3n) is 5.52. The Balaban J connectivity index is 1.23. The van der Waals surface area contributed by atoms with Gasteiger partial charge in [-0.15, -0.1) is 10.2 Å². The first kappa shape index (κ1) is 23.4. The molecule has 1 N–H and O–H groups in total. The molecule has 174 valence electrons. The normalized spacial score (nSPS) is 18.2. The number of halogens is 4. The lowest BCUT2D eigenvalue weighted by molar-refractivity contribution is -0.124. The Morgan fingerprint density at radius 1 is 1.03 bits per heavy atom. The minimum atomic E-state index is -0.600. The molecule has 4 rings (SSSR count). The Bertz CT molecular complexity index is 1130. The van der Waals surface area contributed by atoms with Gasteiger partial charge in [0.2, 0.25) is 11.8 Å². The van der Waals surface area contributed by atoms with E-state index in [1.165, 1.54) is 24.3 Å². The fraction of sp³-hybridized carbons (Fsp3) is 0.348. The second-order valence-electron chi connectivity index (χ2n) is 7.94. The van der Waals surface area contributed by atoms with Gasteiger partial charge in [0.15, 0.2) is 6.61 Å². The zero-order valence-electron chi connectivity index (χ0n) is 17.5. The van der Waals surface area contributed by atoms with Gasteiger partial charge in [0.05, 0.1) is 16.5 Å². The van der Waals surface area contributed by atoms with E-state index in [9.17, 15) is 13.6 Å². The van der Waals surface area contributed by atoms with Crippen LogP contribution >= 0.6 is 23.2 Å². The van der Waals surface area contributed by atoms with Gasteiger partial charge in [-0.3, -0.25) is 4.79 Å². The topological polar surface area (TPSA) is 77.2 Å². The molecule has 0 saturated heterocycles. The van der Waals surface area contributed by atoms with Crippen LogP contribution < -0.4 is 10.1 Å². The van der Waals surface area contributed by atoms with Crippen molar-refractivity contribution in [1.82, 2.24) is 15.5 Å². The van der Waals surface area contributed by atoms with E-state index in [2.05, 4.69) is 15.5 Å². The van der Waals surface area contributed by atoms with Crippen LogP contribution in [0.1, 0.15) is 48.9 Å². The first-order valence-corrected chi connectivity index (χ1v) is 11.3. The third-order valence-corrected chi connectivity index (χ3v) is 6.14. The molecule has 10 heteroatoms. The van der Waals surface area contributed by atoms with E-state index in [4.69, 9.17) is 32.4 Å². The molecule has 33 heavy (non-hydrogen) atoms. The maximum absolute atomic E-state index is 13.6. The summed E-state index contributed by atoms with van der Waals surface area (Å²) in [5.41, 5.74) is 0.696. The largest absolute Gasteiger partial charge is 0.484 e. The average molecular weight is 496 g/mol. The molecule has 1 aromatic heterocycles. The quantitative estimate of drug-likeness (QED) is 0.470. The van der Waals surface area contributed by atoms with Crippen LogP contribution in [0, 0.1) is 11.6 Å². The lowest BCUT2D eigenvalue weighted by Crippen LogP contribution is -2.39. The summed E-state index contributed by atoms with van der Waals surface area (Å²) in [7, 11) is 0. The standard InChI is InChI=1S/C23H21Cl2F2N3O3/c24-17-7-1-13(9-19(17)26)10-22-29-30-23(33-22)14-2-4-15(5-3-14)28-21(31)12-32-16-6-8-18(25)20(27)11-16/h1,6-9,11,14-15H,2-5,10,12H2,(H,28,31)/t14-,15-. The van der Waals surface area contributed by atoms with Gasteiger partial charge in [0.1, 0.15) is 17.4 Å². The molecule has 6 nitrogen and oxygen atoms in total. The van der Waals surface area contributed by atoms with Crippen molar-refractivity contribution in [2.24, 2.45) is 0 Å². The number of carbonyl (C=O) groups is 1. The number of carbonyl (C=O) groups excluding carboxylic acids is 1. The molecule has 0 spiro atoms. The fourth-order valence-corrected chi connectivity index (χ4v) is 4.03. The van der Waals surface area contributed by atoms with Crippen molar-refractivity contribution in [3.05, 3.63) is 75.4 Å².